The Labute approximate surface area is 322 Å². The highest BCUT2D eigenvalue weighted by Crippen LogP contribution is 2.75. The smallest absolute Gasteiger partial charge is 0.337 e. The highest BCUT2D eigenvalue weighted by Gasteiger charge is 2.69. The molecule has 0 radical (unpaired) electrons. The molecule has 0 spiro atoms. The minimum absolute atomic E-state index is 0.0452. The molecule has 0 amide bonds. The average molecular weight is 779 g/mol. The lowest BCUT2D eigenvalue weighted by atomic mass is 9.34. The van der Waals surface area contributed by atoms with Gasteiger partial charge in [0.1, 0.15) is 36.6 Å². The van der Waals surface area contributed by atoms with Gasteiger partial charge in [-0.3, -0.25) is 4.79 Å². The molecule has 2 saturated heterocycles. The van der Waals surface area contributed by atoms with Crippen LogP contribution in [0.25, 0.3) is 0 Å². The minimum atomic E-state index is -1.85. The number of carbonyl (C=O) groups is 2. The molecule has 0 bridgehead atoms. The van der Waals surface area contributed by atoms with E-state index in [1.165, 1.54) is 5.57 Å². The van der Waals surface area contributed by atoms with Crippen molar-refractivity contribution in [1.29, 1.82) is 0 Å². The fourth-order valence-corrected chi connectivity index (χ4v) is 13.1. The first-order chi connectivity index (χ1) is 25.8. The van der Waals surface area contributed by atoms with Crippen molar-refractivity contribution < 1.29 is 69.0 Å². The van der Waals surface area contributed by atoms with Crippen molar-refractivity contribution in [2.75, 3.05) is 20.3 Å². The van der Waals surface area contributed by atoms with Crippen LogP contribution < -0.4 is 0 Å². The molecule has 7 N–H and O–H groups in total. The van der Waals surface area contributed by atoms with Crippen molar-refractivity contribution >= 4 is 11.9 Å². The summed E-state index contributed by atoms with van der Waals surface area (Å²) in [7, 11) is 1.07. The lowest BCUT2D eigenvalue weighted by Gasteiger charge is -2.71. The van der Waals surface area contributed by atoms with Crippen LogP contribution in [-0.2, 0) is 33.3 Å². The van der Waals surface area contributed by atoms with E-state index in [0.717, 1.165) is 57.6 Å². The molecule has 2 heterocycles. The third kappa shape index (κ3) is 6.02. The lowest BCUT2D eigenvalue weighted by Crippen LogP contribution is -2.67. The van der Waals surface area contributed by atoms with Crippen LogP contribution in [0.3, 0.4) is 0 Å². The normalized spacial score (nSPS) is 52.5. The van der Waals surface area contributed by atoms with E-state index in [1.807, 2.05) is 6.92 Å². The first-order valence-corrected chi connectivity index (χ1v) is 20.1. The Morgan fingerprint density at radius 2 is 1.62 bits per heavy atom. The van der Waals surface area contributed by atoms with Crippen molar-refractivity contribution in [1.82, 2.24) is 0 Å². The number of carbonyl (C=O) groups excluding carboxylic acids is 1. The molecule has 14 nitrogen and oxygen atoms in total. The van der Waals surface area contributed by atoms with Crippen LogP contribution in [0.5, 0.6) is 0 Å². The third-order valence-corrected chi connectivity index (χ3v) is 16.6. The van der Waals surface area contributed by atoms with E-state index in [-0.39, 0.29) is 47.2 Å². The Morgan fingerprint density at radius 3 is 2.29 bits per heavy atom. The number of hydrogen-bond donors (Lipinski definition) is 7. The van der Waals surface area contributed by atoms with E-state index >= 15 is 0 Å². The van der Waals surface area contributed by atoms with Crippen LogP contribution in [0, 0.1) is 44.8 Å². The SMILES string of the molecule is C=C1CCC2(C(=O)O)CCC3(C)C(=CCC4C5(C)CCC(OC6OCC(O)C(OC7OC(C(=O)OC)C(O)C(O)C7O)C6O)C(C)(CO)C5CCC43C)C2C1. The summed E-state index contributed by atoms with van der Waals surface area (Å²) in [5.74, 6) is -1.42. The van der Waals surface area contributed by atoms with E-state index in [0.29, 0.717) is 19.3 Å². The molecule has 14 heteroatoms. The van der Waals surface area contributed by atoms with Crippen molar-refractivity contribution in [2.45, 2.75) is 153 Å². The standard InChI is InChI=1S/C41H62O14/c1-20-9-14-41(36(49)50)16-15-39(4)21(22(41)17-20)7-8-25-37(2)12-11-26(38(3,19-42)24(37)10-13-40(25,39)5)53-34-30(47)31(23(43)18-52-34)54-35-29(46)27(44)28(45)32(55-35)33(48)51-6/h7,22-32,34-35,42-47H,1,8-19H2,2-6H3,(H,49,50). The van der Waals surface area contributed by atoms with Gasteiger partial charge in [0.15, 0.2) is 18.7 Å². The number of aliphatic hydroxyl groups excluding tert-OH is 6. The number of esters is 1. The highest BCUT2D eigenvalue weighted by molar-refractivity contribution is 5.77. The molecule has 18 atom stereocenters. The summed E-state index contributed by atoms with van der Waals surface area (Å²) >= 11 is 0. The van der Waals surface area contributed by atoms with Gasteiger partial charge in [-0.25, -0.2) is 4.79 Å². The number of aliphatic carboxylic acids is 1. The van der Waals surface area contributed by atoms with Crippen LogP contribution in [0.15, 0.2) is 23.8 Å². The third-order valence-electron chi connectivity index (χ3n) is 16.6. The van der Waals surface area contributed by atoms with Gasteiger partial charge in [0.25, 0.3) is 0 Å². The Hall–Kier alpha value is -1.98. The lowest BCUT2D eigenvalue weighted by molar-refractivity contribution is -0.354. The van der Waals surface area contributed by atoms with Crippen LogP contribution in [-0.4, -0.2) is 129 Å². The minimum Gasteiger partial charge on any atom is -0.481 e. The van der Waals surface area contributed by atoms with Crippen LogP contribution in [0.1, 0.15) is 91.9 Å². The summed E-state index contributed by atoms with van der Waals surface area (Å²) in [6, 6.07) is 0. The summed E-state index contributed by atoms with van der Waals surface area (Å²) in [4.78, 5) is 25.1. The summed E-state index contributed by atoms with van der Waals surface area (Å²) in [6.07, 6.45) is -5.27. The Bertz CT molecular complexity index is 1550. The maximum atomic E-state index is 12.9. The summed E-state index contributed by atoms with van der Waals surface area (Å²) in [5, 5.41) is 75.5. The van der Waals surface area contributed by atoms with Gasteiger partial charge in [-0.05, 0) is 92.3 Å². The second-order valence-electron chi connectivity index (χ2n) is 18.9. The number of carboxylic acid groups (broad SMARTS) is 1. The van der Waals surface area contributed by atoms with Crippen LogP contribution in [0.2, 0.25) is 0 Å². The molecule has 310 valence electrons. The monoisotopic (exact) mass is 778 g/mol. The first kappa shape index (κ1) is 41.2. The van der Waals surface area contributed by atoms with E-state index < -0.39 is 84.2 Å². The molecule has 7 aliphatic rings. The van der Waals surface area contributed by atoms with Gasteiger partial charge in [-0.1, -0.05) is 51.5 Å². The fourth-order valence-electron chi connectivity index (χ4n) is 13.1. The Kier molecular flexibility index (Phi) is 10.8. The fraction of sp³-hybridized carbons (Fsp3) is 0.854. The topological polar surface area (TPSA) is 222 Å². The van der Waals surface area contributed by atoms with Crippen LogP contribution in [0.4, 0.5) is 0 Å². The predicted octanol–water partition coefficient (Wildman–Crippen LogP) is 2.20. The molecule has 0 aromatic carbocycles. The van der Waals surface area contributed by atoms with Crippen molar-refractivity contribution in [3.05, 3.63) is 23.8 Å². The van der Waals surface area contributed by atoms with Gasteiger partial charge in [-0.15, -0.1) is 0 Å². The molecule has 4 saturated carbocycles. The Balaban J connectivity index is 1.10. The van der Waals surface area contributed by atoms with Gasteiger partial charge in [0.05, 0.1) is 31.8 Å². The van der Waals surface area contributed by atoms with Gasteiger partial charge in [0, 0.05) is 11.3 Å². The molecule has 2 aliphatic heterocycles. The van der Waals surface area contributed by atoms with E-state index in [2.05, 4.69) is 38.2 Å². The van der Waals surface area contributed by atoms with Crippen molar-refractivity contribution in [2.24, 2.45) is 44.8 Å². The average Bonchev–Trinajstić information content (AvgIpc) is 3.15. The number of rotatable bonds is 7. The van der Waals surface area contributed by atoms with Crippen LogP contribution >= 0.6 is 0 Å². The van der Waals surface area contributed by atoms with Gasteiger partial charge in [-0.2, -0.15) is 0 Å². The van der Waals surface area contributed by atoms with Gasteiger partial charge in [0.2, 0.25) is 0 Å². The maximum Gasteiger partial charge on any atom is 0.337 e. The quantitative estimate of drug-likeness (QED) is 0.112. The molecule has 0 aromatic heterocycles. The molecule has 18 unspecified atom stereocenters. The predicted molar refractivity (Wildman–Crippen MR) is 194 cm³/mol. The number of hydrogen-bond acceptors (Lipinski definition) is 13. The van der Waals surface area contributed by atoms with E-state index in [9.17, 15) is 45.3 Å². The zero-order chi connectivity index (χ0) is 40.0. The number of fused-ring (bicyclic) bond motifs is 7. The Morgan fingerprint density at radius 1 is 0.891 bits per heavy atom. The summed E-state index contributed by atoms with van der Waals surface area (Å²) in [5.41, 5.74) is 0.508. The molecule has 55 heavy (non-hydrogen) atoms. The molecule has 7 rings (SSSR count). The van der Waals surface area contributed by atoms with E-state index in [4.69, 9.17) is 18.9 Å². The number of carboxylic acids is 1. The maximum absolute atomic E-state index is 12.9. The number of methoxy groups -OCH3 is 1. The second-order valence-corrected chi connectivity index (χ2v) is 18.9. The second kappa shape index (κ2) is 14.4. The van der Waals surface area contributed by atoms with Gasteiger partial charge >= 0.3 is 11.9 Å². The zero-order valence-electron chi connectivity index (χ0n) is 32.8. The highest BCUT2D eigenvalue weighted by atomic mass is 16.7. The molecular formula is C41H62O14. The summed E-state index contributed by atoms with van der Waals surface area (Å²) in [6.45, 7) is 13.0. The number of allylic oxidation sites excluding steroid dienone is 3. The van der Waals surface area contributed by atoms with E-state index in [1.54, 1.807) is 0 Å². The molecular weight excluding hydrogens is 716 g/mol. The van der Waals surface area contributed by atoms with Gasteiger partial charge < -0.3 is 59.4 Å². The number of aliphatic hydroxyl groups is 6. The molecule has 5 aliphatic carbocycles. The van der Waals surface area contributed by atoms with Crippen molar-refractivity contribution in [3.8, 4) is 0 Å². The first-order valence-electron chi connectivity index (χ1n) is 20.1. The largest absolute Gasteiger partial charge is 0.481 e. The molecule has 0 aromatic rings. The van der Waals surface area contributed by atoms with Crippen molar-refractivity contribution in [3.63, 3.8) is 0 Å². The molecule has 6 fully saturated rings. The summed E-state index contributed by atoms with van der Waals surface area (Å²) < 4.78 is 28.2. The zero-order valence-corrected chi connectivity index (χ0v) is 32.8. The number of ether oxygens (including phenoxy) is 5.